The van der Waals surface area contributed by atoms with Crippen LogP contribution in [0.4, 0.5) is 0 Å². The first-order valence-corrected chi connectivity index (χ1v) is 8.74. The first-order chi connectivity index (χ1) is 10.4. The number of nitriles is 1. The van der Waals surface area contributed by atoms with Crippen LogP contribution in [-0.4, -0.2) is 0 Å². The first kappa shape index (κ1) is 18.8. The maximum Gasteiger partial charge on any atom is 0.0686 e. The van der Waals surface area contributed by atoms with Crippen molar-refractivity contribution in [2.75, 3.05) is 0 Å². The highest BCUT2D eigenvalue weighted by Crippen LogP contribution is 2.41. The van der Waals surface area contributed by atoms with Gasteiger partial charge < -0.3 is 0 Å². The third-order valence-electron chi connectivity index (χ3n) is 4.99. The Morgan fingerprint density at radius 3 is 2.27 bits per heavy atom. The number of hydrogen-bond acceptors (Lipinski definition) is 1. The summed E-state index contributed by atoms with van der Waals surface area (Å²) in [5, 5.41) is 9.20. The molecule has 1 saturated carbocycles. The average molecular weight is 300 g/mol. The van der Waals surface area contributed by atoms with Crippen molar-refractivity contribution >= 4 is 0 Å². The van der Waals surface area contributed by atoms with Crippen LogP contribution in [0.25, 0.3) is 0 Å². The van der Waals surface area contributed by atoms with Crippen molar-refractivity contribution in [3.63, 3.8) is 0 Å². The maximum atomic E-state index is 9.20. The molecular formula is C21H33N. The Morgan fingerprint density at radius 2 is 1.73 bits per heavy atom. The molecule has 1 aliphatic carbocycles. The van der Waals surface area contributed by atoms with Gasteiger partial charge in [0.05, 0.1) is 11.5 Å². The van der Waals surface area contributed by atoms with E-state index in [-0.39, 0.29) is 5.41 Å². The van der Waals surface area contributed by atoms with E-state index in [1.807, 2.05) is 0 Å². The molecule has 1 aliphatic rings. The second-order valence-corrected chi connectivity index (χ2v) is 7.51. The Balaban J connectivity index is 2.29. The van der Waals surface area contributed by atoms with Gasteiger partial charge in [0.25, 0.3) is 0 Å². The predicted molar refractivity (Wildman–Crippen MR) is 96.5 cm³/mol. The predicted octanol–water partition coefficient (Wildman–Crippen LogP) is 6.74. The minimum absolute atomic E-state index is 0.0851. The summed E-state index contributed by atoms with van der Waals surface area (Å²) in [7, 11) is 0. The van der Waals surface area contributed by atoms with Gasteiger partial charge in [-0.25, -0.2) is 0 Å². The molecule has 22 heavy (non-hydrogen) atoms. The lowest BCUT2D eigenvalue weighted by molar-refractivity contribution is 0.248. The number of nitrogens with zero attached hydrogens (tertiary/aromatic N) is 1. The minimum atomic E-state index is -0.0851. The molecular weight excluding hydrogens is 266 g/mol. The van der Waals surface area contributed by atoms with E-state index in [0.717, 1.165) is 44.9 Å². The fourth-order valence-corrected chi connectivity index (χ4v) is 3.17. The summed E-state index contributed by atoms with van der Waals surface area (Å²) in [4.78, 5) is 0. The summed E-state index contributed by atoms with van der Waals surface area (Å²) in [6.45, 7) is 13.0. The van der Waals surface area contributed by atoms with Gasteiger partial charge in [-0.1, -0.05) is 35.5 Å². The van der Waals surface area contributed by atoms with E-state index in [9.17, 15) is 5.26 Å². The molecule has 0 spiro atoms. The molecule has 0 N–H and O–H groups in total. The van der Waals surface area contributed by atoms with Crippen molar-refractivity contribution in [3.05, 3.63) is 35.5 Å². The highest BCUT2D eigenvalue weighted by Gasteiger charge is 2.31. The van der Waals surface area contributed by atoms with Gasteiger partial charge in [0.15, 0.2) is 0 Å². The van der Waals surface area contributed by atoms with Gasteiger partial charge in [-0.15, -0.1) is 0 Å². The molecule has 0 saturated heterocycles. The lowest BCUT2D eigenvalue weighted by Gasteiger charge is -2.33. The standard InChI is InChI=1S/C21H33N/c1-17(2)8-6-9-18(3)10-7-11-19(4)20-12-14-21(5,16-22)15-13-20/h8,10,20H,4,6-7,9,11-15H2,1-3,5H3/b18-10+. The maximum absolute atomic E-state index is 9.20. The van der Waals surface area contributed by atoms with Gasteiger partial charge in [-0.3, -0.25) is 0 Å². The van der Waals surface area contributed by atoms with E-state index in [4.69, 9.17) is 0 Å². The second kappa shape index (κ2) is 8.99. The van der Waals surface area contributed by atoms with E-state index >= 15 is 0 Å². The zero-order chi connectivity index (χ0) is 16.6. The Bertz CT molecular complexity index is 461. The van der Waals surface area contributed by atoms with E-state index < -0.39 is 0 Å². The van der Waals surface area contributed by atoms with Crippen molar-refractivity contribution in [1.82, 2.24) is 0 Å². The van der Waals surface area contributed by atoms with Crippen molar-refractivity contribution in [1.29, 1.82) is 5.26 Å². The molecule has 0 amide bonds. The van der Waals surface area contributed by atoms with Gasteiger partial charge in [-0.2, -0.15) is 5.26 Å². The molecule has 1 heteroatoms. The molecule has 0 unspecified atom stereocenters. The largest absolute Gasteiger partial charge is 0.198 e. The fraction of sp³-hybridized carbons (Fsp3) is 0.667. The Hall–Kier alpha value is -1.29. The lowest BCUT2D eigenvalue weighted by atomic mass is 9.70. The third-order valence-corrected chi connectivity index (χ3v) is 4.99. The molecule has 0 aromatic carbocycles. The summed E-state index contributed by atoms with van der Waals surface area (Å²) in [5.74, 6) is 0.640. The van der Waals surface area contributed by atoms with Crippen LogP contribution in [0.3, 0.4) is 0 Å². The normalized spacial score (nSPS) is 25.4. The molecule has 0 aliphatic heterocycles. The van der Waals surface area contributed by atoms with Gasteiger partial charge in [0.2, 0.25) is 0 Å². The van der Waals surface area contributed by atoms with Crippen molar-refractivity contribution in [3.8, 4) is 6.07 Å². The number of rotatable bonds is 7. The van der Waals surface area contributed by atoms with Gasteiger partial charge in [0, 0.05) is 0 Å². The van der Waals surface area contributed by atoms with Crippen molar-refractivity contribution < 1.29 is 0 Å². The Labute approximate surface area is 137 Å². The van der Waals surface area contributed by atoms with Crippen LogP contribution < -0.4 is 0 Å². The van der Waals surface area contributed by atoms with Crippen LogP contribution in [0.15, 0.2) is 35.5 Å². The quantitative estimate of drug-likeness (QED) is 0.478. The van der Waals surface area contributed by atoms with Crippen LogP contribution >= 0.6 is 0 Å². The summed E-state index contributed by atoms with van der Waals surface area (Å²) in [6, 6.07) is 2.48. The summed E-state index contributed by atoms with van der Waals surface area (Å²) in [6.07, 6.45) is 13.6. The molecule has 0 radical (unpaired) electrons. The molecule has 0 bridgehead atoms. The third kappa shape index (κ3) is 6.65. The van der Waals surface area contributed by atoms with Crippen LogP contribution in [0.1, 0.15) is 79.1 Å². The number of allylic oxidation sites excluding steroid dienone is 5. The molecule has 1 nitrogen and oxygen atoms in total. The zero-order valence-electron chi connectivity index (χ0n) is 15.0. The SMILES string of the molecule is C=C(CC/C=C(\C)CCC=C(C)C)C1CCC(C)(C#N)CC1. The van der Waals surface area contributed by atoms with E-state index in [0.29, 0.717) is 5.92 Å². The Kier molecular flexibility index (Phi) is 7.66. The van der Waals surface area contributed by atoms with E-state index in [2.05, 4.69) is 52.5 Å². The highest BCUT2D eigenvalue weighted by molar-refractivity contribution is 5.09. The van der Waals surface area contributed by atoms with Crippen molar-refractivity contribution in [2.24, 2.45) is 11.3 Å². The molecule has 122 valence electrons. The average Bonchev–Trinajstić information content (AvgIpc) is 2.47. The van der Waals surface area contributed by atoms with Crippen molar-refractivity contribution in [2.45, 2.75) is 79.1 Å². The molecule has 0 aromatic heterocycles. The topological polar surface area (TPSA) is 23.8 Å². The lowest BCUT2D eigenvalue weighted by Crippen LogP contribution is -2.23. The van der Waals surface area contributed by atoms with Gasteiger partial charge >= 0.3 is 0 Å². The molecule has 0 atom stereocenters. The summed E-state index contributed by atoms with van der Waals surface area (Å²) in [5.41, 5.74) is 4.21. The number of hydrogen-bond donors (Lipinski definition) is 0. The van der Waals surface area contributed by atoms with Crippen LogP contribution in [0, 0.1) is 22.7 Å². The van der Waals surface area contributed by atoms with E-state index in [1.54, 1.807) is 0 Å². The molecule has 0 heterocycles. The second-order valence-electron chi connectivity index (χ2n) is 7.51. The fourth-order valence-electron chi connectivity index (χ4n) is 3.17. The van der Waals surface area contributed by atoms with Crippen LogP contribution in [0.2, 0.25) is 0 Å². The monoisotopic (exact) mass is 299 g/mol. The summed E-state index contributed by atoms with van der Waals surface area (Å²) < 4.78 is 0. The van der Waals surface area contributed by atoms with Gasteiger partial charge in [0.1, 0.15) is 0 Å². The van der Waals surface area contributed by atoms with Crippen LogP contribution in [0.5, 0.6) is 0 Å². The van der Waals surface area contributed by atoms with Crippen LogP contribution in [-0.2, 0) is 0 Å². The summed E-state index contributed by atoms with van der Waals surface area (Å²) >= 11 is 0. The smallest absolute Gasteiger partial charge is 0.0686 e. The minimum Gasteiger partial charge on any atom is -0.198 e. The zero-order valence-corrected chi connectivity index (χ0v) is 15.0. The van der Waals surface area contributed by atoms with Gasteiger partial charge in [-0.05, 0) is 85.0 Å². The molecule has 1 fully saturated rings. The first-order valence-electron chi connectivity index (χ1n) is 8.74. The molecule has 0 aromatic rings. The Morgan fingerprint density at radius 1 is 1.14 bits per heavy atom. The highest BCUT2D eigenvalue weighted by atomic mass is 14.4. The van der Waals surface area contributed by atoms with E-state index in [1.165, 1.54) is 23.1 Å². The molecule has 1 rings (SSSR count).